The van der Waals surface area contributed by atoms with E-state index < -0.39 is 0 Å². The molecule has 0 atom stereocenters. The Morgan fingerprint density at radius 2 is 1.78 bits per heavy atom. The molecule has 0 unspecified atom stereocenters. The number of hydrogen-bond acceptors (Lipinski definition) is 2. The Balaban J connectivity index is 2.23. The highest BCUT2D eigenvalue weighted by molar-refractivity contribution is 6.06. The molecular formula is C20H23NO2. The predicted octanol–water partition coefficient (Wildman–Crippen LogP) is 5.02. The number of para-hydroxylation sites is 2. The maximum Gasteiger partial charge on any atom is 0.259 e. The molecule has 1 amide bonds. The van der Waals surface area contributed by atoms with Crippen LogP contribution in [0.3, 0.4) is 0 Å². The van der Waals surface area contributed by atoms with Gasteiger partial charge in [-0.2, -0.15) is 0 Å². The number of rotatable bonds is 6. The molecule has 3 heteroatoms. The molecule has 0 radical (unpaired) electrons. The Kier molecular flexibility index (Phi) is 5.58. The van der Waals surface area contributed by atoms with Gasteiger partial charge >= 0.3 is 0 Å². The van der Waals surface area contributed by atoms with Crippen LogP contribution in [0.5, 0.6) is 5.75 Å². The van der Waals surface area contributed by atoms with Crippen molar-refractivity contribution in [2.24, 2.45) is 0 Å². The molecule has 0 fully saturated rings. The van der Waals surface area contributed by atoms with Gasteiger partial charge in [-0.3, -0.25) is 4.79 Å². The summed E-state index contributed by atoms with van der Waals surface area (Å²) in [5, 5.41) is 2.99. The Hall–Kier alpha value is -2.55. The second-order valence-corrected chi connectivity index (χ2v) is 5.94. The first-order valence-corrected chi connectivity index (χ1v) is 7.75. The lowest BCUT2D eigenvalue weighted by Crippen LogP contribution is -2.15. The molecule has 2 rings (SSSR count). The minimum Gasteiger partial charge on any atom is -0.488 e. The lowest BCUT2D eigenvalue weighted by molar-refractivity contribution is 0.102. The van der Waals surface area contributed by atoms with Crippen molar-refractivity contribution in [2.75, 3.05) is 11.9 Å². The Bertz CT molecular complexity index is 704. The highest BCUT2D eigenvalue weighted by Crippen LogP contribution is 2.26. The fourth-order valence-corrected chi connectivity index (χ4v) is 2.28. The number of hydrogen-bond donors (Lipinski definition) is 1. The van der Waals surface area contributed by atoms with Crippen molar-refractivity contribution in [2.45, 2.75) is 26.7 Å². The van der Waals surface area contributed by atoms with E-state index in [1.165, 1.54) is 0 Å². The molecule has 0 bridgehead atoms. The molecule has 0 aromatic heterocycles. The number of carbonyl (C=O) groups excluding carboxylic acids is 1. The summed E-state index contributed by atoms with van der Waals surface area (Å²) in [6, 6.07) is 15.1. The SMILES string of the molecule is C=C(C)COc1ccccc1C(=O)Nc1ccccc1C(C)C. The van der Waals surface area contributed by atoms with Gasteiger partial charge in [0, 0.05) is 5.69 Å². The second-order valence-electron chi connectivity index (χ2n) is 5.94. The van der Waals surface area contributed by atoms with Gasteiger partial charge in [-0.25, -0.2) is 0 Å². The van der Waals surface area contributed by atoms with Crippen LogP contribution in [-0.2, 0) is 0 Å². The topological polar surface area (TPSA) is 38.3 Å². The third kappa shape index (κ3) is 4.46. The summed E-state index contributed by atoms with van der Waals surface area (Å²) in [4.78, 5) is 12.6. The van der Waals surface area contributed by atoms with Gasteiger partial charge in [0.15, 0.2) is 0 Å². The summed E-state index contributed by atoms with van der Waals surface area (Å²) in [5.74, 6) is 0.729. The molecule has 0 aliphatic heterocycles. The third-order valence-electron chi connectivity index (χ3n) is 3.44. The molecule has 2 aromatic rings. The van der Waals surface area contributed by atoms with Gasteiger partial charge in [-0.05, 0) is 42.2 Å². The van der Waals surface area contributed by atoms with Crippen LogP contribution >= 0.6 is 0 Å². The first-order chi connectivity index (χ1) is 11.0. The Morgan fingerprint density at radius 1 is 1.13 bits per heavy atom. The van der Waals surface area contributed by atoms with Crippen LogP contribution in [-0.4, -0.2) is 12.5 Å². The van der Waals surface area contributed by atoms with E-state index >= 15 is 0 Å². The summed E-state index contributed by atoms with van der Waals surface area (Å²) < 4.78 is 5.67. The van der Waals surface area contributed by atoms with E-state index in [1.54, 1.807) is 12.1 Å². The largest absolute Gasteiger partial charge is 0.488 e. The Labute approximate surface area is 138 Å². The zero-order chi connectivity index (χ0) is 16.8. The lowest BCUT2D eigenvalue weighted by Gasteiger charge is -2.15. The van der Waals surface area contributed by atoms with E-state index in [1.807, 2.05) is 43.3 Å². The van der Waals surface area contributed by atoms with Crippen molar-refractivity contribution in [3.8, 4) is 5.75 Å². The van der Waals surface area contributed by atoms with Crippen LogP contribution in [0.2, 0.25) is 0 Å². The molecule has 23 heavy (non-hydrogen) atoms. The van der Waals surface area contributed by atoms with Gasteiger partial charge in [0.2, 0.25) is 0 Å². The average Bonchev–Trinajstić information content (AvgIpc) is 2.53. The van der Waals surface area contributed by atoms with Gasteiger partial charge in [-0.15, -0.1) is 0 Å². The number of benzene rings is 2. The molecule has 0 spiro atoms. The first kappa shape index (κ1) is 16.8. The van der Waals surface area contributed by atoms with Gasteiger partial charge in [0.1, 0.15) is 12.4 Å². The van der Waals surface area contributed by atoms with Crippen LogP contribution in [0.15, 0.2) is 60.7 Å². The number of amides is 1. The van der Waals surface area contributed by atoms with Crippen molar-refractivity contribution in [1.29, 1.82) is 0 Å². The minimum absolute atomic E-state index is 0.171. The Morgan fingerprint density at radius 3 is 2.48 bits per heavy atom. The standard InChI is InChI=1S/C20H23NO2/c1-14(2)13-23-19-12-8-6-10-17(19)20(22)21-18-11-7-5-9-16(18)15(3)4/h5-12,15H,1,13H2,2-4H3,(H,21,22). The van der Waals surface area contributed by atoms with Crippen molar-refractivity contribution < 1.29 is 9.53 Å². The third-order valence-corrected chi connectivity index (χ3v) is 3.44. The smallest absolute Gasteiger partial charge is 0.259 e. The molecule has 1 N–H and O–H groups in total. The lowest BCUT2D eigenvalue weighted by atomic mass is 10.0. The van der Waals surface area contributed by atoms with E-state index in [-0.39, 0.29) is 5.91 Å². The molecule has 0 aliphatic carbocycles. The highest BCUT2D eigenvalue weighted by Gasteiger charge is 2.14. The maximum absolute atomic E-state index is 12.6. The van der Waals surface area contributed by atoms with Gasteiger partial charge in [0.25, 0.3) is 5.91 Å². The molecule has 0 aliphatic rings. The summed E-state index contributed by atoms with van der Waals surface area (Å²) in [6.07, 6.45) is 0. The summed E-state index contributed by atoms with van der Waals surface area (Å²) in [7, 11) is 0. The van der Waals surface area contributed by atoms with Crippen LogP contribution < -0.4 is 10.1 Å². The molecule has 0 heterocycles. The van der Waals surface area contributed by atoms with Crippen molar-refractivity contribution in [1.82, 2.24) is 0 Å². The summed E-state index contributed by atoms with van der Waals surface area (Å²) in [6.45, 7) is 10.3. The first-order valence-electron chi connectivity index (χ1n) is 7.75. The molecule has 0 saturated carbocycles. The number of anilines is 1. The fourth-order valence-electron chi connectivity index (χ4n) is 2.28. The molecule has 2 aromatic carbocycles. The number of nitrogens with one attached hydrogen (secondary N) is 1. The van der Waals surface area contributed by atoms with E-state index in [0.717, 1.165) is 16.8 Å². The second kappa shape index (κ2) is 7.63. The predicted molar refractivity (Wildman–Crippen MR) is 95.2 cm³/mol. The van der Waals surface area contributed by atoms with E-state index in [2.05, 4.69) is 25.7 Å². The van der Waals surface area contributed by atoms with Gasteiger partial charge in [-0.1, -0.05) is 50.8 Å². The zero-order valence-electron chi connectivity index (χ0n) is 13.9. The van der Waals surface area contributed by atoms with Crippen LogP contribution in [0.25, 0.3) is 0 Å². The summed E-state index contributed by atoms with van der Waals surface area (Å²) in [5.41, 5.74) is 3.38. The van der Waals surface area contributed by atoms with E-state index in [9.17, 15) is 4.79 Å². The average molecular weight is 309 g/mol. The van der Waals surface area contributed by atoms with E-state index in [4.69, 9.17) is 4.74 Å². The normalized spacial score (nSPS) is 10.4. The summed E-state index contributed by atoms with van der Waals surface area (Å²) >= 11 is 0. The van der Waals surface area contributed by atoms with Crippen molar-refractivity contribution >= 4 is 11.6 Å². The van der Waals surface area contributed by atoms with Crippen LogP contribution in [0, 0.1) is 0 Å². The molecular weight excluding hydrogens is 286 g/mol. The van der Waals surface area contributed by atoms with E-state index in [0.29, 0.717) is 23.8 Å². The number of carbonyl (C=O) groups is 1. The van der Waals surface area contributed by atoms with Crippen LogP contribution in [0.1, 0.15) is 42.6 Å². The van der Waals surface area contributed by atoms with Crippen LogP contribution in [0.4, 0.5) is 5.69 Å². The maximum atomic E-state index is 12.6. The van der Waals surface area contributed by atoms with Gasteiger partial charge < -0.3 is 10.1 Å². The molecule has 0 saturated heterocycles. The molecule has 120 valence electrons. The molecule has 3 nitrogen and oxygen atoms in total. The quantitative estimate of drug-likeness (QED) is 0.761. The zero-order valence-corrected chi connectivity index (χ0v) is 13.9. The minimum atomic E-state index is -0.171. The highest BCUT2D eigenvalue weighted by atomic mass is 16.5. The fraction of sp³-hybridized carbons (Fsp3) is 0.250. The van der Waals surface area contributed by atoms with Gasteiger partial charge in [0.05, 0.1) is 5.56 Å². The number of ether oxygens (including phenoxy) is 1. The monoisotopic (exact) mass is 309 g/mol. The van der Waals surface area contributed by atoms with Crippen molar-refractivity contribution in [3.05, 3.63) is 71.8 Å². The van der Waals surface area contributed by atoms with Crippen molar-refractivity contribution in [3.63, 3.8) is 0 Å².